The minimum absolute atomic E-state index is 0.308. The van der Waals surface area contributed by atoms with Crippen LogP contribution in [0.1, 0.15) is 6.92 Å². The molecule has 0 aliphatic rings. The fourth-order valence-electron chi connectivity index (χ4n) is 0.948. The Morgan fingerprint density at radius 3 is 2.50 bits per heavy atom. The van der Waals surface area contributed by atoms with Crippen LogP contribution in [-0.2, 0) is 13.9 Å². The summed E-state index contributed by atoms with van der Waals surface area (Å²) in [5.74, 6) is 0.448. The van der Waals surface area contributed by atoms with E-state index in [1.54, 1.807) is 6.08 Å². The van der Waals surface area contributed by atoms with E-state index in [1.807, 2.05) is 19.1 Å². The van der Waals surface area contributed by atoms with E-state index in [1.165, 1.54) is 7.11 Å². The SMILES string of the molecule is C/C=C/CO/C(=C/CNC(=O)OC)O[Si](C)(C)C. The average molecular weight is 273 g/mol. The lowest BCUT2D eigenvalue weighted by Gasteiger charge is -2.21. The predicted molar refractivity (Wildman–Crippen MR) is 73.7 cm³/mol. The van der Waals surface area contributed by atoms with Gasteiger partial charge in [-0.1, -0.05) is 12.2 Å². The molecule has 0 saturated heterocycles. The normalized spacial score (nSPS) is 12.4. The van der Waals surface area contributed by atoms with Crippen LogP contribution in [0.4, 0.5) is 4.79 Å². The molecule has 0 saturated carbocycles. The number of hydrogen-bond acceptors (Lipinski definition) is 4. The molecule has 0 aromatic rings. The first-order valence-corrected chi connectivity index (χ1v) is 9.25. The van der Waals surface area contributed by atoms with Gasteiger partial charge in [0.15, 0.2) is 0 Å². The summed E-state index contributed by atoms with van der Waals surface area (Å²) in [4.78, 5) is 10.9. The van der Waals surface area contributed by atoms with Crippen molar-refractivity contribution in [3.05, 3.63) is 24.2 Å². The number of allylic oxidation sites excluding steroid dienone is 1. The molecule has 6 heteroatoms. The summed E-state index contributed by atoms with van der Waals surface area (Å²) in [6.45, 7) is 8.87. The van der Waals surface area contributed by atoms with Crippen LogP contribution in [-0.4, -0.2) is 34.7 Å². The maximum absolute atomic E-state index is 10.9. The maximum Gasteiger partial charge on any atom is 0.407 e. The van der Waals surface area contributed by atoms with Crippen LogP contribution in [0.3, 0.4) is 0 Å². The lowest BCUT2D eigenvalue weighted by atomic mass is 10.5. The van der Waals surface area contributed by atoms with Crippen molar-refractivity contribution in [2.75, 3.05) is 20.3 Å². The zero-order valence-corrected chi connectivity index (χ0v) is 12.8. The first-order chi connectivity index (χ1) is 8.39. The first kappa shape index (κ1) is 16.6. The van der Waals surface area contributed by atoms with Crippen LogP contribution < -0.4 is 5.32 Å². The molecule has 18 heavy (non-hydrogen) atoms. The van der Waals surface area contributed by atoms with Gasteiger partial charge in [0.25, 0.3) is 5.95 Å². The van der Waals surface area contributed by atoms with Gasteiger partial charge >= 0.3 is 6.09 Å². The van der Waals surface area contributed by atoms with E-state index < -0.39 is 14.4 Å². The summed E-state index contributed by atoms with van der Waals surface area (Å²) in [6.07, 6.45) is 5.00. The second-order valence-corrected chi connectivity index (χ2v) is 8.92. The van der Waals surface area contributed by atoms with Crippen molar-refractivity contribution in [1.82, 2.24) is 5.32 Å². The molecule has 0 bridgehead atoms. The van der Waals surface area contributed by atoms with Crippen LogP contribution in [0, 0.1) is 0 Å². The van der Waals surface area contributed by atoms with Crippen molar-refractivity contribution >= 4 is 14.4 Å². The molecule has 0 spiro atoms. The number of carbonyl (C=O) groups excluding carboxylic acids is 1. The van der Waals surface area contributed by atoms with E-state index in [4.69, 9.17) is 9.16 Å². The molecular formula is C12H23NO4Si. The third-order valence-electron chi connectivity index (χ3n) is 1.66. The standard InChI is InChI=1S/C12H23NO4Si/c1-6-7-10-16-11(17-18(3,4)5)8-9-13-12(14)15-2/h6-8H,9-10H2,1-5H3,(H,13,14)/b7-6+,11-8-. The molecule has 0 radical (unpaired) electrons. The van der Waals surface area contributed by atoms with E-state index in [2.05, 4.69) is 29.7 Å². The van der Waals surface area contributed by atoms with Crippen molar-refractivity contribution < 1.29 is 18.7 Å². The number of nitrogens with one attached hydrogen (secondary N) is 1. The molecule has 0 aliphatic carbocycles. The monoisotopic (exact) mass is 273 g/mol. The smallest absolute Gasteiger partial charge is 0.407 e. The van der Waals surface area contributed by atoms with E-state index in [0.29, 0.717) is 19.1 Å². The van der Waals surface area contributed by atoms with Gasteiger partial charge in [0.2, 0.25) is 8.32 Å². The second-order valence-electron chi connectivity index (χ2n) is 4.49. The van der Waals surface area contributed by atoms with Crippen molar-refractivity contribution in [2.24, 2.45) is 0 Å². The van der Waals surface area contributed by atoms with Crippen molar-refractivity contribution in [3.8, 4) is 0 Å². The molecular weight excluding hydrogens is 250 g/mol. The highest BCUT2D eigenvalue weighted by molar-refractivity contribution is 6.69. The van der Waals surface area contributed by atoms with Gasteiger partial charge in [-0.25, -0.2) is 4.79 Å². The zero-order chi connectivity index (χ0) is 14.0. The molecule has 0 unspecified atom stereocenters. The van der Waals surface area contributed by atoms with Crippen LogP contribution in [0.25, 0.3) is 0 Å². The van der Waals surface area contributed by atoms with Gasteiger partial charge in [0.1, 0.15) is 6.61 Å². The number of amides is 1. The van der Waals surface area contributed by atoms with E-state index >= 15 is 0 Å². The summed E-state index contributed by atoms with van der Waals surface area (Å²) < 4.78 is 15.7. The minimum atomic E-state index is -1.73. The van der Waals surface area contributed by atoms with Crippen LogP contribution in [0.2, 0.25) is 19.6 Å². The molecule has 0 fully saturated rings. The Kier molecular flexibility index (Phi) is 7.94. The Balaban J connectivity index is 4.34. The van der Waals surface area contributed by atoms with Gasteiger partial charge in [-0.15, -0.1) is 0 Å². The molecule has 0 rings (SSSR count). The fraction of sp³-hybridized carbons (Fsp3) is 0.583. The van der Waals surface area contributed by atoms with Crippen molar-refractivity contribution in [3.63, 3.8) is 0 Å². The summed E-state index contributed by atoms with van der Waals surface area (Å²) in [7, 11) is -0.407. The van der Waals surface area contributed by atoms with Crippen LogP contribution in [0.5, 0.6) is 0 Å². The van der Waals surface area contributed by atoms with Gasteiger partial charge in [0, 0.05) is 12.6 Å². The summed E-state index contributed by atoms with van der Waals surface area (Å²) in [5, 5.41) is 2.54. The van der Waals surface area contributed by atoms with Gasteiger partial charge in [-0.2, -0.15) is 0 Å². The number of methoxy groups -OCH3 is 1. The van der Waals surface area contributed by atoms with Crippen LogP contribution in [0.15, 0.2) is 24.2 Å². The topological polar surface area (TPSA) is 56.8 Å². The molecule has 0 aromatic carbocycles. The summed E-state index contributed by atoms with van der Waals surface area (Å²) >= 11 is 0. The second kappa shape index (κ2) is 8.63. The van der Waals surface area contributed by atoms with Gasteiger partial charge < -0.3 is 19.2 Å². The maximum atomic E-state index is 10.9. The fourth-order valence-corrected chi connectivity index (χ4v) is 1.69. The third-order valence-corrected chi connectivity index (χ3v) is 2.48. The Morgan fingerprint density at radius 2 is 2.00 bits per heavy atom. The molecule has 104 valence electrons. The Morgan fingerprint density at radius 1 is 1.33 bits per heavy atom. The van der Waals surface area contributed by atoms with Crippen molar-refractivity contribution in [2.45, 2.75) is 26.6 Å². The largest absolute Gasteiger partial charge is 0.520 e. The number of carbonyl (C=O) groups is 1. The van der Waals surface area contributed by atoms with Crippen LogP contribution >= 0.6 is 0 Å². The highest BCUT2D eigenvalue weighted by Gasteiger charge is 2.18. The van der Waals surface area contributed by atoms with Gasteiger partial charge in [-0.3, -0.25) is 0 Å². The number of rotatable bonds is 7. The van der Waals surface area contributed by atoms with Crippen molar-refractivity contribution in [1.29, 1.82) is 0 Å². The Labute approximate surface area is 110 Å². The highest BCUT2D eigenvalue weighted by Crippen LogP contribution is 2.11. The molecule has 0 aromatic heterocycles. The Hall–Kier alpha value is -1.43. The molecule has 0 atom stereocenters. The molecule has 1 N–H and O–H groups in total. The first-order valence-electron chi connectivity index (χ1n) is 5.84. The highest BCUT2D eigenvalue weighted by atomic mass is 28.4. The zero-order valence-electron chi connectivity index (χ0n) is 11.8. The summed E-state index contributed by atoms with van der Waals surface area (Å²) in [6, 6.07) is 0. The Bertz CT molecular complexity index is 308. The number of ether oxygens (including phenoxy) is 2. The molecule has 5 nitrogen and oxygen atoms in total. The summed E-state index contributed by atoms with van der Waals surface area (Å²) in [5.41, 5.74) is 0. The predicted octanol–water partition coefficient (Wildman–Crippen LogP) is 2.63. The average Bonchev–Trinajstić information content (AvgIpc) is 2.26. The lowest BCUT2D eigenvalue weighted by molar-refractivity contribution is 0.121. The quantitative estimate of drug-likeness (QED) is 0.440. The molecule has 0 aliphatic heterocycles. The third kappa shape index (κ3) is 9.77. The lowest BCUT2D eigenvalue weighted by Crippen LogP contribution is -2.27. The van der Waals surface area contributed by atoms with E-state index in [9.17, 15) is 4.79 Å². The van der Waals surface area contributed by atoms with E-state index in [-0.39, 0.29) is 0 Å². The van der Waals surface area contributed by atoms with Gasteiger partial charge in [-0.05, 0) is 26.6 Å². The molecule has 1 amide bonds. The van der Waals surface area contributed by atoms with E-state index in [0.717, 1.165) is 0 Å². The number of hydrogen-bond donors (Lipinski definition) is 1. The van der Waals surface area contributed by atoms with Gasteiger partial charge in [0.05, 0.1) is 7.11 Å². The minimum Gasteiger partial charge on any atom is -0.520 e. The molecule has 0 heterocycles. The number of alkyl carbamates (subject to hydrolysis) is 1.